The molecule has 0 bridgehead atoms. The van der Waals surface area contributed by atoms with Gasteiger partial charge in [0.05, 0.1) is 6.61 Å². The van der Waals surface area contributed by atoms with Crippen LogP contribution in [0.3, 0.4) is 0 Å². The number of carbonyl (C=O) groups is 1. The van der Waals surface area contributed by atoms with Gasteiger partial charge in [0.2, 0.25) is 5.88 Å². The van der Waals surface area contributed by atoms with Crippen LogP contribution < -0.4 is 15.4 Å². The van der Waals surface area contributed by atoms with Crippen LogP contribution in [-0.2, 0) is 4.74 Å². The van der Waals surface area contributed by atoms with Gasteiger partial charge in [0.1, 0.15) is 17.1 Å². The number of hydrogen-bond donors (Lipinski definition) is 2. The summed E-state index contributed by atoms with van der Waals surface area (Å²) in [5.74, 6) is 0.773. The van der Waals surface area contributed by atoms with Crippen LogP contribution in [0.15, 0.2) is 18.3 Å². The first kappa shape index (κ1) is 21.0. The fourth-order valence-corrected chi connectivity index (χ4v) is 3.11. The van der Waals surface area contributed by atoms with Crippen LogP contribution in [0.5, 0.6) is 5.88 Å². The second kappa shape index (κ2) is 8.34. The highest BCUT2D eigenvalue weighted by atomic mass is 19.3. The number of nitrogens with zero attached hydrogens (tertiary/aromatic N) is 2. The maximum absolute atomic E-state index is 13.0. The number of alkyl halides is 2. The number of nitrogens with one attached hydrogen (secondary N) is 2. The Morgan fingerprint density at radius 1 is 1.28 bits per heavy atom. The van der Waals surface area contributed by atoms with Gasteiger partial charge in [-0.2, -0.15) is 0 Å². The predicted molar refractivity (Wildman–Crippen MR) is 105 cm³/mol. The highest BCUT2D eigenvalue weighted by molar-refractivity contribution is 5.88. The minimum atomic E-state index is -2.68. The van der Waals surface area contributed by atoms with E-state index in [0.29, 0.717) is 23.2 Å². The Balaban J connectivity index is 1.64. The number of aromatic nitrogens is 2. The third-order valence-electron chi connectivity index (χ3n) is 4.41. The number of rotatable bonds is 6. The molecule has 0 spiro atoms. The number of hydrogen-bond acceptors (Lipinski definition) is 6. The van der Waals surface area contributed by atoms with Crippen molar-refractivity contribution in [2.75, 3.05) is 11.9 Å². The number of anilines is 1. The smallest absolute Gasteiger partial charge is 0.407 e. The predicted octanol–water partition coefficient (Wildman–Crippen LogP) is 4.43. The largest absolute Gasteiger partial charge is 0.478 e. The van der Waals surface area contributed by atoms with Gasteiger partial charge in [-0.15, -0.1) is 0 Å². The van der Waals surface area contributed by atoms with Crippen molar-refractivity contribution in [1.29, 1.82) is 0 Å². The van der Waals surface area contributed by atoms with Crippen molar-refractivity contribution in [2.45, 2.75) is 64.6 Å². The average molecular weight is 408 g/mol. The lowest BCUT2D eigenvalue weighted by atomic mass is 9.87. The summed E-state index contributed by atoms with van der Waals surface area (Å²) in [7, 11) is 0. The Labute approximate surface area is 168 Å². The standard InChI is InChI=1S/C20H26F2N4O3/c1-5-28-18-14-9-16(23-10-11(14)6-15(26-18)17(21)22)24-12-7-13(8-12)25-19(27)29-20(2,3)4/h6,9-10,12-13,17H,5,7-8H2,1-4H3,(H,23,24)(H,25,27). The van der Waals surface area contributed by atoms with E-state index in [1.807, 2.05) is 20.8 Å². The minimum Gasteiger partial charge on any atom is -0.478 e. The molecule has 158 valence electrons. The number of ether oxygens (including phenoxy) is 2. The third kappa shape index (κ3) is 5.42. The molecule has 1 saturated carbocycles. The zero-order chi connectivity index (χ0) is 21.2. The molecule has 9 heteroatoms. The highest BCUT2D eigenvalue weighted by Gasteiger charge is 2.32. The number of alkyl carbamates (subject to hydrolysis) is 1. The molecule has 0 atom stereocenters. The van der Waals surface area contributed by atoms with Gasteiger partial charge in [0.15, 0.2) is 0 Å². The molecule has 2 heterocycles. The zero-order valence-electron chi connectivity index (χ0n) is 17.0. The Morgan fingerprint density at radius 3 is 2.62 bits per heavy atom. The van der Waals surface area contributed by atoms with Gasteiger partial charge < -0.3 is 20.1 Å². The summed E-state index contributed by atoms with van der Waals surface area (Å²) in [6.07, 6.45) is -0.101. The summed E-state index contributed by atoms with van der Waals surface area (Å²) < 4.78 is 36.8. The SMILES string of the molecule is CCOc1nc(C(F)F)cc2cnc(NC3CC(NC(=O)OC(C)(C)C)C3)cc12. The number of pyridine rings is 2. The maximum atomic E-state index is 13.0. The molecule has 0 aromatic carbocycles. The van der Waals surface area contributed by atoms with E-state index in [0.717, 1.165) is 12.8 Å². The fourth-order valence-electron chi connectivity index (χ4n) is 3.11. The van der Waals surface area contributed by atoms with E-state index in [-0.39, 0.29) is 23.7 Å². The molecule has 1 amide bonds. The summed E-state index contributed by atoms with van der Waals surface area (Å²) in [6.45, 7) is 7.55. The lowest BCUT2D eigenvalue weighted by molar-refractivity contribution is 0.0475. The van der Waals surface area contributed by atoms with Gasteiger partial charge in [-0.3, -0.25) is 0 Å². The molecule has 2 aromatic rings. The number of halogens is 2. The topological polar surface area (TPSA) is 85.4 Å². The Kier molecular flexibility index (Phi) is 6.04. The first-order valence-corrected chi connectivity index (χ1v) is 9.62. The van der Waals surface area contributed by atoms with Crippen LogP contribution in [0.1, 0.15) is 52.7 Å². The second-order valence-electron chi connectivity index (χ2n) is 8.03. The first-order chi connectivity index (χ1) is 13.6. The molecule has 0 radical (unpaired) electrons. The van der Waals surface area contributed by atoms with Gasteiger partial charge in [-0.25, -0.2) is 23.5 Å². The molecule has 0 aliphatic heterocycles. The molecule has 3 rings (SSSR count). The average Bonchev–Trinajstić information content (AvgIpc) is 2.58. The van der Waals surface area contributed by atoms with E-state index in [1.165, 1.54) is 12.3 Å². The van der Waals surface area contributed by atoms with E-state index in [1.54, 1.807) is 13.0 Å². The Bertz CT molecular complexity index is 880. The number of carbonyl (C=O) groups excluding carboxylic acids is 1. The zero-order valence-corrected chi connectivity index (χ0v) is 17.0. The van der Waals surface area contributed by atoms with E-state index >= 15 is 0 Å². The van der Waals surface area contributed by atoms with Crippen molar-refractivity contribution in [2.24, 2.45) is 0 Å². The normalized spacial score (nSPS) is 19.0. The van der Waals surface area contributed by atoms with Gasteiger partial charge in [0.25, 0.3) is 6.43 Å². The molecule has 0 unspecified atom stereocenters. The van der Waals surface area contributed by atoms with Crippen LogP contribution in [-0.4, -0.2) is 40.4 Å². The molecule has 1 aliphatic carbocycles. The monoisotopic (exact) mass is 408 g/mol. The van der Waals surface area contributed by atoms with Gasteiger partial charge >= 0.3 is 6.09 Å². The molecule has 1 fully saturated rings. The summed E-state index contributed by atoms with van der Waals surface area (Å²) in [5.41, 5.74) is -0.865. The first-order valence-electron chi connectivity index (χ1n) is 9.62. The van der Waals surface area contributed by atoms with Crippen LogP contribution in [0, 0.1) is 0 Å². The van der Waals surface area contributed by atoms with Crippen LogP contribution in [0.4, 0.5) is 19.4 Å². The fraction of sp³-hybridized carbons (Fsp3) is 0.550. The van der Waals surface area contributed by atoms with Crippen molar-refractivity contribution < 1.29 is 23.0 Å². The Morgan fingerprint density at radius 2 is 2.00 bits per heavy atom. The van der Waals surface area contributed by atoms with E-state index < -0.39 is 18.1 Å². The van der Waals surface area contributed by atoms with Gasteiger partial charge in [0, 0.05) is 29.1 Å². The van der Waals surface area contributed by atoms with Crippen molar-refractivity contribution in [1.82, 2.24) is 15.3 Å². The third-order valence-corrected chi connectivity index (χ3v) is 4.41. The quantitative estimate of drug-likeness (QED) is 0.735. The molecule has 1 aliphatic rings. The number of fused-ring (bicyclic) bond motifs is 1. The van der Waals surface area contributed by atoms with E-state index in [2.05, 4.69) is 20.6 Å². The van der Waals surface area contributed by atoms with Crippen molar-refractivity contribution in [3.8, 4) is 5.88 Å². The number of amides is 1. The summed E-state index contributed by atoms with van der Waals surface area (Å²) in [5, 5.41) is 7.30. The minimum absolute atomic E-state index is 0.0389. The van der Waals surface area contributed by atoms with Crippen molar-refractivity contribution in [3.05, 3.63) is 24.0 Å². The van der Waals surface area contributed by atoms with Crippen molar-refractivity contribution in [3.63, 3.8) is 0 Å². The molecule has 2 aromatic heterocycles. The van der Waals surface area contributed by atoms with E-state index in [9.17, 15) is 13.6 Å². The lowest BCUT2D eigenvalue weighted by Crippen LogP contribution is -2.50. The Hall–Kier alpha value is -2.71. The molecule has 2 N–H and O–H groups in total. The molecule has 7 nitrogen and oxygen atoms in total. The summed E-state index contributed by atoms with van der Waals surface area (Å²) in [6, 6.07) is 3.25. The van der Waals surface area contributed by atoms with Crippen LogP contribution in [0.25, 0.3) is 10.8 Å². The summed E-state index contributed by atoms with van der Waals surface area (Å²) in [4.78, 5) is 20.1. The molecular weight excluding hydrogens is 382 g/mol. The summed E-state index contributed by atoms with van der Waals surface area (Å²) >= 11 is 0. The van der Waals surface area contributed by atoms with Crippen LogP contribution >= 0.6 is 0 Å². The highest BCUT2D eigenvalue weighted by Crippen LogP contribution is 2.31. The molecule has 0 saturated heterocycles. The molecular formula is C20H26F2N4O3. The maximum Gasteiger partial charge on any atom is 0.407 e. The molecule has 29 heavy (non-hydrogen) atoms. The van der Waals surface area contributed by atoms with Gasteiger partial charge in [-0.1, -0.05) is 0 Å². The van der Waals surface area contributed by atoms with Crippen molar-refractivity contribution >= 4 is 22.7 Å². The lowest BCUT2D eigenvalue weighted by Gasteiger charge is -2.36. The van der Waals surface area contributed by atoms with E-state index in [4.69, 9.17) is 9.47 Å². The van der Waals surface area contributed by atoms with Gasteiger partial charge in [-0.05, 0) is 52.7 Å². The second-order valence-corrected chi connectivity index (χ2v) is 8.03. The van der Waals surface area contributed by atoms with Crippen LogP contribution in [0.2, 0.25) is 0 Å².